The zero-order valence-corrected chi connectivity index (χ0v) is 10.7. The van der Waals surface area contributed by atoms with E-state index in [-0.39, 0.29) is 6.04 Å². The van der Waals surface area contributed by atoms with E-state index in [1.165, 1.54) is 0 Å². The Kier molecular flexibility index (Phi) is 5.70. The molecule has 1 amide bonds. The molecule has 0 radical (unpaired) electrons. The summed E-state index contributed by atoms with van der Waals surface area (Å²) >= 11 is 2.53. The molecule has 0 rings (SSSR count). The molecule has 0 aliphatic rings. The van der Waals surface area contributed by atoms with Gasteiger partial charge in [0.05, 0.1) is 0 Å². The summed E-state index contributed by atoms with van der Waals surface area (Å²) in [5.74, 6) is 0. The standard InChI is InChI=1S/C9H16N2O2Se/c1-7(5-10-6-14)11-8(12)13-9(2,3)4/h7H,5H2,1-4H3,(H,11,12)/t7-/m0/s1. The van der Waals surface area contributed by atoms with Crippen LogP contribution < -0.4 is 5.32 Å². The maximum absolute atomic E-state index is 11.2. The number of nitrogens with one attached hydrogen (secondary N) is 1. The summed E-state index contributed by atoms with van der Waals surface area (Å²) in [7, 11) is 0. The number of hydrogen-bond acceptors (Lipinski definition) is 3. The zero-order valence-electron chi connectivity index (χ0n) is 8.96. The second-order valence-corrected chi connectivity index (χ2v) is 4.36. The first-order valence-corrected chi connectivity index (χ1v) is 5.24. The number of ether oxygens (including phenoxy) is 1. The molecule has 0 unspecified atom stereocenters. The first-order chi connectivity index (χ1) is 6.35. The molecule has 0 aromatic rings. The van der Waals surface area contributed by atoms with Gasteiger partial charge in [-0.25, -0.2) is 0 Å². The first-order valence-electron chi connectivity index (χ1n) is 4.38. The van der Waals surface area contributed by atoms with Crippen LogP contribution in [0.2, 0.25) is 0 Å². The van der Waals surface area contributed by atoms with Gasteiger partial charge in [0.25, 0.3) is 0 Å². The summed E-state index contributed by atoms with van der Waals surface area (Å²) in [6, 6.07) is -0.0503. The van der Waals surface area contributed by atoms with Crippen molar-refractivity contribution in [1.29, 1.82) is 0 Å². The molecule has 0 spiro atoms. The first kappa shape index (κ1) is 13.4. The molecule has 0 fully saturated rings. The van der Waals surface area contributed by atoms with E-state index in [0.29, 0.717) is 6.54 Å². The molecule has 0 saturated heterocycles. The Hall–Kier alpha value is -0.631. The number of carbonyl (C=O) groups excluding carboxylic acids is 1. The Morgan fingerprint density at radius 1 is 1.64 bits per heavy atom. The Balaban J connectivity index is 3.88. The van der Waals surface area contributed by atoms with Crippen LogP contribution in [0.4, 0.5) is 4.79 Å². The fourth-order valence-electron chi connectivity index (χ4n) is 0.729. The van der Waals surface area contributed by atoms with Crippen LogP contribution in [0.5, 0.6) is 0 Å². The van der Waals surface area contributed by atoms with Gasteiger partial charge in [0.1, 0.15) is 0 Å². The van der Waals surface area contributed by atoms with Crippen LogP contribution in [0.15, 0.2) is 4.99 Å². The van der Waals surface area contributed by atoms with E-state index in [1.54, 1.807) is 0 Å². The van der Waals surface area contributed by atoms with E-state index in [0.717, 1.165) is 0 Å². The molecule has 14 heavy (non-hydrogen) atoms. The summed E-state index contributed by atoms with van der Waals surface area (Å²) in [6.45, 7) is 7.82. The molecular weight excluding hydrogens is 247 g/mol. The fraction of sp³-hybridized carbons (Fsp3) is 0.778. The van der Waals surface area contributed by atoms with Crippen LogP contribution in [-0.4, -0.2) is 44.6 Å². The van der Waals surface area contributed by atoms with Crippen molar-refractivity contribution in [3.63, 3.8) is 0 Å². The number of rotatable bonds is 3. The van der Waals surface area contributed by atoms with Gasteiger partial charge in [0.2, 0.25) is 0 Å². The summed E-state index contributed by atoms with van der Waals surface area (Å²) in [5.41, 5.74) is -0.461. The zero-order chi connectivity index (χ0) is 11.2. The topological polar surface area (TPSA) is 50.7 Å². The van der Waals surface area contributed by atoms with Crippen molar-refractivity contribution in [1.82, 2.24) is 5.32 Å². The van der Waals surface area contributed by atoms with Crippen molar-refractivity contribution < 1.29 is 9.53 Å². The van der Waals surface area contributed by atoms with Gasteiger partial charge in [-0.05, 0) is 0 Å². The molecule has 0 aliphatic heterocycles. The van der Waals surface area contributed by atoms with Gasteiger partial charge in [-0.2, -0.15) is 0 Å². The Morgan fingerprint density at radius 2 is 2.21 bits per heavy atom. The van der Waals surface area contributed by atoms with Crippen LogP contribution in [0, 0.1) is 0 Å². The van der Waals surface area contributed by atoms with Gasteiger partial charge >= 0.3 is 92.1 Å². The quantitative estimate of drug-likeness (QED) is 0.609. The van der Waals surface area contributed by atoms with Crippen molar-refractivity contribution in [3.8, 4) is 0 Å². The van der Waals surface area contributed by atoms with Crippen molar-refractivity contribution in [2.45, 2.75) is 39.3 Å². The third-order valence-corrected chi connectivity index (χ3v) is 1.46. The van der Waals surface area contributed by atoms with Crippen LogP contribution in [-0.2, 0) is 4.74 Å². The molecule has 1 atom stereocenters. The summed E-state index contributed by atoms with van der Waals surface area (Å²) in [6.07, 6.45) is -0.416. The Morgan fingerprint density at radius 3 is 2.64 bits per heavy atom. The van der Waals surface area contributed by atoms with Crippen molar-refractivity contribution in [2.75, 3.05) is 6.54 Å². The number of carbonyl (C=O) groups is 1. The maximum atomic E-state index is 11.2. The number of hydrogen-bond donors (Lipinski definition) is 1. The summed E-state index contributed by atoms with van der Waals surface area (Å²) in [5, 5.41) is 2.66. The predicted octanol–water partition coefficient (Wildman–Crippen LogP) is 0.973. The SMILES string of the molecule is C[C@@H](CN=C=[Se])NC(=O)OC(C)(C)C. The van der Waals surface area contributed by atoms with Crippen molar-refractivity contribution in [3.05, 3.63) is 0 Å². The van der Waals surface area contributed by atoms with E-state index in [4.69, 9.17) is 4.74 Å². The summed E-state index contributed by atoms with van der Waals surface area (Å²) < 4.78 is 7.60. The van der Waals surface area contributed by atoms with E-state index < -0.39 is 11.7 Å². The van der Waals surface area contributed by atoms with Crippen molar-refractivity contribution >= 4 is 26.4 Å². The van der Waals surface area contributed by atoms with Gasteiger partial charge in [-0.1, -0.05) is 0 Å². The molecule has 5 heteroatoms. The molecule has 0 heterocycles. The Bertz CT molecular complexity index is 242. The number of alkyl carbamates (subject to hydrolysis) is 1. The van der Waals surface area contributed by atoms with Crippen LogP contribution in [0.1, 0.15) is 27.7 Å². The van der Waals surface area contributed by atoms with Gasteiger partial charge in [-0.15, -0.1) is 0 Å². The molecule has 0 aromatic carbocycles. The van der Waals surface area contributed by atoms with Crippen LogP contribution in [0.3, 0.4) is 0 Å². The molecule has 0 aliphatic carbocycles. The number of nitrogens with zero attached hydrogens (tertiary/aromatic N) is 1. The number of aliphatic imine (C=N–C) groups is 1. The molecule has 0 aromatic heterocycles. The Labute approximate surface area is 92.5 Å². The molecule has 4 nitrogen and oxygen atoms in total. The van der Waals surface area contributed by atoms with Crippen LogP contribution >= 0.6 is 0 Å². The van der Waals surface area contributed by atoms with Gasteiger partial charge in [0, 0.05) is 0 Å². The second-order valence-electron chi connectivity index (χ2n) is 3.98. The minimum absolute atomic E-state index is 0.0503. The second kappa shape index (κ2) is 5.97. The predicted molar refractivity (Wildman–Crippen MR) is 56.9 cm³/mol. The van der Waals surface area contributed by atoms with Gasteiger partial charge in [-0.3, -0.25) is 0 Å². The fourth-order valence-corrected chi connectivity index (χ4v) is 0.885. The molecular formula is C9H16N2O2Se. The molecule has 80 valence electrons. The average Bonchev–Trinajstić information content (AvgIpc) is 1.96. The third kappa shape index (κ3) is 7.99. The summed E-state index contributed by atoms with van der Waals surface area (Å²) in [4.78, 5) is 15.1. The van der Waals surface area contributed by atoms with E-state index in [9.17, 15) is 4.79 Å². The molecule has 0 bridgehead atoms. The van der Waals surface area contributed by atoms with Crippen LogP contribution in [0.25, 0.3) is 0 Å². The number of amides is 1. The van der Waals surface area contributed by atoms with E-state index in [2.05, 4.69) is 30.6 Å². The third-order valence-electron chi connectivity index (χ3n) is 1.19. The van der Waals surface area contributed by atoms with Gasteiger partial charge in [0.15, 0.2) is 0 Å². The minimum atomic E-state index is -0.461. The molecule has 0 saturated carbocycles. The monoisotopic (exact) mass is 264 g/mol. The molecule has 1 N–H and O–H groups in total. The average molecular weight is 263 g/mol. The van der Waals surface area contributed by atoms with E-state index >= 15 is 0 Å². The van der Waals surface area contributed by atoms with Crippen molar-refractivity contribution in [2.24, 2.45) is 4.99 Å². The van der Waals surface area contributed by atoms with Gasteiger partial charge < -0.3 is 0 Å². The van der Waals surface area contributed by atoms with E-state index in [1.807, 2.05) is 27.7 Å². The normalized spacial score (nSPS) is 12.6.